The first-order valence-electron chi connectivity index (χ1n) is 6.84. The van der Waals surface area contributed by atoms with E-state index in [-0.39, 0.29) is 12.8 Å². The highest BCUT2D eigenvalue weighted by molar-refractivity contribution is 7.55. The predicted octanol–water partition coefficient (Wildman–Crippen LogP) is 5.35. The van der Waals surface area contributed by atoms with Gasteiger partial charge in [-0.1, -0.05) is 27.2 Å². The van der Waals surface area contributed by atoms with Crippen LogP contribution in [-0.2, 0) is 13.6 Å². The van der Waals surface area contributed by atoms with Crippen molar-refractivity contribution in [1.82, 2.24) is 0 Å². The number of hydrogen-bond donors (Lipinski definition) is 0. The minimum Gasteiger partial charge on any atom is -0.312 e. The Balaban J connectivity index is 5.85. The molecule has 0 amide bonds. The third kappa shape index (κ3) is 3.80. The van der Waals surface area contributed by atoms with Gasteiger partial charge in [-0.05, 0) is 19.3 Å². The van der Waals surface area contributed by atoms with Crippen LogP contribution in [0.2, 0.25) is 0 Å². The van der Waals surface area contributed by atoms with Crippen molar-refractivity contribution >= 4 is 7.60 Å². The van der Waals surface area contributed by atoms with Crippen LogP contribution in [0.5, 0.6) is 0 Å². The molecule has 0 aromatic heterocycles. The fourth-order valence-electron chi connectivity index (χ4n) is 2.36. The van der Waals surface area contributed by atoms with Gasteiger partial charge in [0.25, 0.3) is 0 Å². The fraction of sp³-hybridized carbons (Fsp3) is 1.00. The van der Waals surface area contributed by atoms with E-state index in [9.17, 15) is 22.1 Å². The van der Waals surface area contributed by atoms with Gasteiger partial charge in [0.15, 0.2) is 0 Å². The van der Waals surface area contributed by atoms with Crippen molar-refractivity contribution in [2.24, 2.45) is 5.92 Å². The second-order valence-electron chi connectivity index (χ2n) is 5.56. The van der Waals surface area contributed by atoms with Crippen LogP contribution in [0.3, 0.4) is 0 Å². The van der Waals surface area contributed by atoms with Gasteiger partial charge in [-0.15, -0.1) is 0 Å². The standard InChI is InChI=1S/C13H25F4O3P/c1-7-10(3)12(14,13(15,16)17)9-11(4,8-2)21(18,19-5)20-6/h10H,7-9H2,1-6H3. The van der Waals surface area contributed by atoms with E-state index in [4.69, 9.17) is 9.05 Å². The van der Waals surface area contributed by atoms with E-state index in [1.54, 1.807) is 0 Å². The summed E-state index contributed by atoms with van der Waals surface area (Å²) in [4.78, 5) is 0. The monoisotopic (exact) mass is 336 g/mol. The van der Waals surface area contributed by atoms with Crippen LogP contribution in [0.1, 0.15) is 47.0 Å². The SMILES string of the molecule is CCC(C)C(F)(CC(C)(CC)P(=O)(OC)OC)C(F)(F)F. The summed E-state index contributed by atoms with van der Waals surface area (Å²) in [6.45, 7) is 5.54. The number of alkyl halides is 4. The van der Waals surface area contributed by atoms with Crippen molar-refractivity contribution in [3.05, 3.63) is 0 Å². The van der Waals surface area contributed by atoms with Gasteiger partial charge in [0.1, 0.15) is 0 Å². The minimum absolute atomic E-state index is 0.0140. The molecule has 0 saturated heterocycles. The normalized spacial score (nSPS) is 20.7. The van der Waals surface area contributed by atoms with Crippen LogP contribution < -0.4 is 0 Å². The van der Waals surface area contributed by atoms with Gasteiger partial charge in [0.2, 0.25) is 5.67 Å². The zero-order valence-electron chi connectivity index (χ0n) is 13.4. The molecule has 8 heteroatoms. The van der Waals surface area contributed by atoms with Gasteiger partial charge in [0, 0.05) is 20.6 Å². The minimum atomic E-state index is -5.05. The highest BCUT2D eigenvalue weighted by atomic mass is 31.2. The van der Waals surface area contributed by atoms with Crippen LogP contribution >= 0.6 is 7.60 Å². The van der Waals surface area contributed by atoms with Gasteiger partial charge in [-0.2, -0.15) is 13.2 Å². The van der Waals surface area contributed by atoms with Crippen molar-refractivity contribution in [1.29, 1.82) is 0 Å². The molecule has 0 saturated carbocycles. The summed E-state index contributed by atoms with van der Waals surface area (Å²) in [6.07, 6.45) is -5.97. The molecule has 21 heavy (non-hydrogen) atoms. The molecule has 0 heterocycles. The molecular weight excluding hydrogens is 311 g/mol. The van der Waals surface area contributed by atoms with E-state index in [1.807, 2.05) is 0 Å². The van der Waals surface area contributed by atoms with E-state index in [1.165, 1.54) is 27.7 Å². The van der Waals surface area contributed by atoms with Crippen molar-refractivity contribution in [3.8, 4) is 0 Å². The smallest absolute Gasteiger partial charge is 0.312 e. The summed E-state index contributed by atoms with van der Waals surface area (Å²) in [5.41, 5.74) is -3.45. The maximum Gasteiger partial charge on any atom is 0.422 e. The lowest BCUT2D eigenvalue weighted by atomic mass is 9.80. The van der Waals surface area contributed by atoms with E-state index < -0.39 is 36.9 Å². The lowest BCUT2D eigenvalue weighted by Crippen LogP contribution is -2.51. The molecule has 0 radical (unpaired) electrons. The predicted molar refractivity (Wildman–Crippen MR) is 74.3 cm³/mol. The Labute approximate surface area is 123 Å². The second kappa shape index (κ2) is 6.97. The Bertz CT molecular complexity index is 380. The van der Waals surface area contributed by atoms with Crippen LogP contribution in [0.25, 0.3) is 0 Å². The molecule has 0 fully saturated rings. The van der Waals surface area contributed by atoms with Gasteiger partial charge >= 0.3 is 13.8 Å². The number of halogens is 4. The first-order chi connectivity index (χ1) is 9.37. The molecule has 0 aromatic carbocycles. The molecule has 0 aliphatic carbocycles. The summed E-state index contributed by atoms with van der Waals surface area (Å²) in [7, 11) is -1.67. The summed E-state index contributed by atoms with van der Waals surface area (Å²) in [5.74, 6) is -1.26. The summed E-state index contributed by atoms with van der Waals surface area (Å²) in [6, 6.07) is 0. The Morgan fingerprint density at radius 1 is 1.10 bits per heavy atom. The average molecular weight is 336 g/mol. The summed E-state index contributed by atoms with van der Waals surface area (Å²) in [5, 5.41) is -1.57. The Morgan fingerprint density at radius 2 is 1.52 bits per heavy atom. The third-order valence-electron chi connectivity index (χ3n) is 4.41. The zero-order chi connectivity index (χ0) is 17.1. The van der Waals surface area contributed by atoms with Gasteiger partial charge < -0.3 is 9.05 Å². The van der Waals surface area contributed by atoms with E-state index in [0.29, 0.717) is 0 Å². The van der Waals surface area contributed by atoms with E-state index in [2.05, 4.69) is 0 Å². The lowest BCUT2D eigenvalue weighted by molar-refractivity contribution is -0.252. The van der Waals surface area contributed by atoms with Gasteiger partial charge in [-0.25, -0.2) is 4.39 Å². The van der Waals surface area contributed by atoms with E-state index >= 15 is 0 Å². The Morgan fingerprint density at radius 3 is 1.76 bits per heavy atom. The molecule has 0 aliphatic heterocycles. The average Bonchev–Trinajstić information content (AvgIpc) is 2.43. The maximum absolute atomic E-state index is 14.8. The van der Waals surface area contributed by atoms with Crippen LogP contribution in [-0.4, -0.2) is 31.2 Å². The van der Waals surface area contributed by atoms with Crippen molar-refractivity contribution in [2.45, 2.75) is 64.0 Å². The first kappa shape index (κ1) is 20.9. The molecule has 0 bridgehead atoms. The number of rotatable bonds is 8. The molecule has 128 valence electrons. The fourth-order valence-corrected chi connectivity index (χ4v) is 4.20. The first-order valence-corrected chi connectivity index (χ1v) is 8.39. The Hall–Kier alpha value is -0.130. The van der Waals surface area contributed by atoms with Crippen molar-refractivity contribution < 1.29 is 31.2 Å². The molecular formula is C13H25F4O3P. The quantitative estimate of drug-likeness (QED) is 0.443. The highest BCUT2D eigenvalue weighted by Crippen LogP contribution is 2.65. The molecule has 3 nitrogen and oxygen atoms in total. The molecule has 0 N–H and O–H groups in total. The van der Waals surface area contributed by atoms with Gasteiger partial charge in [0.05, 0.1) is 5.16 Å². The van der Waals surface area contributed by atoms with E-state index in [0.717, 1.165) is 14.2 Å². The summed E-state index contributed by atoms with van der Waals surface area (Å²) < 4.78 is 76.8. The maximum atomic E-state index is 14.8. The molecule has 0 aliphatic rings. The summed E-state index contributed by atoms with van der Waals surface area (Å²) >= 11 is 0. The molecule has 0 aromatic rings. The lowest BCUT2D eigenvalue weighted by Gasteiger charge is -2.42. The van der Waals surface area contributed by atoms with Crippen molar-refractivity contribution in [2.75, 3.05) is 14.2 Å². The molecule has 3 unspecified atom stereocenters. The van der Waals surface area contributed by atoms with Gasteiger partial charge in [-0.3, -0.25) is 4.57 Å². The molecule has 3 atom stereocenters. The highest BCUT2D eigenvalue weighted by Gasteiger charge is 2.63. The van der Waals surface area contributed by atoms with Crippen LogP contribution in [0.15, 0.2) is 0 Å². The topological polar surface area (TPSA) is 35.5 Å². The van der Waals surface area contributed by atoms with Crippen LogP contribution in [0, 0.1) is 5.92 Å². The van der Waals surface area contributed by atoms with Crippen molar-refractivity contribution in [3.63, 3.8) is 0 Å². The largest absolute Gasteiger partial charge is 0.422 e. The van der Waals surface area contributed by atoms with Crippen LogP contribution in [0.4, 0.5) is 17.6 Å². The molecule has 0 rings (SSSR count). The Kier molecular flexibility index (Phi) is 6.92. The third-order valence-corrected chi connectivity index (χ3v) is 7.16. The second-order valence-corrected chi connectivity index (χ2v) is 8.36. The molecule has 0 spiro atoms. The zero-order valence-corrected chi connectivity index (χ0v) is 14.3. The number of hydrogen-bond acceptors (Lipinski definition) is 3.